The Kier molecular flexibility index (Phi) is 39.7. The molecule has 13 N–H and O–H groups in total. The molecule has 0 bridgehead atoms. The number of ether oxygens (including phenoxy) is 3. The van der Waals surface area contributed by atoms with E-state index in [9.17, 15) is 64.8 Å². The molecule has 12 aromatic rings. The number of nitrogens with zero attached hydrogens (tertiary/aromatic N) is 8. The molecular weight excluding hydrogens is 2020 g/mol. The zero-order valence-electron chi connectivity index (χ0n) is 82.8. The van der Waals surface area contributed by atoms with Crippen molar-refractivity contribution >= 4 is 164 Å². The summed E-state index contributed by atoms with van der Waals surface area (Å²) >= 11 is 18.1. The van der Waals surface area contributed by atoms with Gasteiger partial charge in [0.25, 0.3) is 17.7 Å². The molecule has 4 aliphatic rings. The number of likely N-dealkylation sites (tertiary alicyclic amines) is 3. The van der Waals surface area contributed by atoms with E-state index in [-0.39, 0.29) is 174 Å². The van der Waals surface area contributed by atoms with Crippen molar-refractivity contribution < 1.29 is 92.2 Å². The minimum absolute atomic E-state index is 0.0288. The molecule has 3 aromatic heterocycles. The number of Topliss-reactive ketones (excluding diaryl/α,β-unsaturated/α-hetero) is 6. The largest absolute Gasteiger partial charge is 0.434 e. The van der Waals surface area contributed by atoms with Crippen LogP contribution in [0, 0.1) is 17.8 Å². The van der Waals surface area contributed by atoms with E-state index in [1.165, 1.54) is 14.7 Å². The third-order valence-electron chi connectivity index (χ3n) is 26.3. The highest BCUT2D eigenvalue weighted by Gasteiger charge is 2.48. The van der Waals surface area contributed by atoms with E-state index >= 15 is 0 Å². The lowest BCUT2D eigenvalue weighted by Gasteiger charge is -2.29. The standard InChI is InChI=1S/C41H43ClN6O7S.C37H43ClN6O7S.C31H35ClN4O6/c1-56(52,53)47-34(20-15-26-7-3-2-4-8-26)40(51)48-24-32(54-25-28-11-16-30(42)17-12-28)23-35(48)36(49)22-29(21-27-13-18-31(19-14-27)45-41(43)44)38(50)39-46-33-9-5-6-10-37(33)55-39;1-52(48,49)43-30(18-15-24-8-3-2-4-9-24)36(47)44-22-28(50-23-25-13-16-27(38)17-14-25)21-31(44)32(45)20-26(10-7-19-41-37(39)40)34(46)35-42-29-11-5-6-12-33(29)51-35;32-21-10-8-19(9-11-21)18-41-22-16-25(36(17-22)31(40)24-12-13-28(38)34-24)26(37)15-20(5-3-4-14-33)29(39)30-35-23-6-1-2-7-27(23)42-30/h2-14,16-19,29,32,34-35,47H,15,20-25H2,1H3,(H4,43,44,45);2-6,8-9,11-14,16-17,26,28,30-31,43H,7,10,15,18-23H2,1H3,(H4,39,40,41);1-2,6-11,20,22,24-25H,3-5,12-18,33H2,(H,34,38)/t29-,32-,34-,35+;26-,28-,30-,31+;20-,22-,24-,25+/m111/s1. The van der Waals surface area contributed by atoms with Crippen LogP contribution >= 0.6 is 34.8 Å². The van der Waals surface area contributed by atoms with Crippen molar-refractivity contribution in [3.05, 3.63) is 297 Å². The number of halogens is 3. The van der Waals surface area contributed by atoms with Gasteiger partial charge in [0.2, 0.25) is 61.0 Å². The summed E-state index contributed by atoms with van der Waals surface area (Å²) in [6.45, 7) is 1.70. The van der Waals surface area contributed by atoms with Crippen LogP contribution in [0.5, 0.6) is 0 Å². The van der Waals surface area contributed by atoms with Crippen molar-refractivity contribution in [1.29, 1.82) is 0 Å². The highest BCUT2D eigenvalue weighted by Crippen LogP contribution is 2.36. The van der Waals surface area contributed by atoms with Crippen LogP contribution in [0.2, 0.25) is 15.1 Å². The lowest BCUT2D eigenvalue weighted by atomic mass is 9.88. The first-order chi connectivity index (χ1) is 72.0. The fourth-order valence-corrected chi connectivity index (χ4v) is 20.7. The second kappa shape index (κ2) is 53.2. The van der Waals surface area contributed by atoms with Gasteiger partial charge < -0.3 is 76.1 Å². The molecule has 36 nitrogen and oxygen atoms in total. The molecule has 150 heavy (non-hydrogen) atoms. The second-order valence-electron chi connectivity index (χ2n) is 37.8. The highest BCUT2D eigenvalue weighted by atomic mass is 35.5. The average molecular weight is 2150 g/mol. The Balaban J connectivity index is 0.000000179. The van der Waals surface area contributed by atoms with Crippen LogP contribution in [-0.4, -0.2) is 217 Å². The van der Waals surface area contributed by atoms with E-state index in [1.807, 2.05) is 103 Å². The van der Waals surface area contributed by atoms with Gasteiger partial charge in [-0.1, -0.05) is 187 Å². The number of nitrogens with two attached hydrogens (primary N) is 5. The van der Waals surface area contributed by atoms with Gasteiger partial charge >= 0.3 is 0 Å². The number of oxazole rings is 3. The Hall–Kier alpha value is -13.6. The number of amides is 4. The van der Waals surface area contributed by atoms with Crippen LogP contribution in [-0.2, 0) is 107 Å². The zero-order valence-corrected chi connectivity index (χ0v) is 86.7. The van der Waals surface area contributed by atoms with Crippen molar-refractivity contribution in [3.8, 4) is 0 Å². The molecule has 4 aliphatic heterocycles. The Morgan fingerprint density at radius 3 is 1.17 bits per heavy atom. The topological polar surface area (TPSA) is 545 Å². The first kappa shape index (κ1) is 112. The smallest absolute Gasteiger partial charge is 0.264 e. The number of unbranched alkanes of at least 4 members (excludes halogenated alkanes) is 1. The summed E-state index contributed by atoms with van der Waals surface area (Å²) in [5.74, 6) is -6.80. The number of hydrogen-bond donors (Lipinski definition) is 8. The van der Waals surface area contributed by atoms with Gasteiger partial charge in [-0.25, -0.2) is 46.2 Å². The molecule has 12 atom stereocenters. The maximum absolute atomic E-state index is 14.5. The Morgan fingerprint density at radius 1 is 0.440 bits per heavy atom. The normalized spacial score (nSPS) is 18.1. The Bertz CT molecular complexity index is 6920. The van der Waals surface area contributed by atoms with E-state index in [4.69, 9.17) is 90.9 Å². The number of para-hydroxylation sites is 6. The van der Waals surface area contributed by atoms with E-state index in [0.717, 1.165) is 45.9 Å². The fourth-order valence-electron chi connectivity index (χ4n) is 18.8. The molecule has 0 saturated carbocycles. The summed E-state index contributed by atoms with van der Waals surface area (Å²) in [5, 5.41) is 4.48. The van der Waals surface area contributed by atoms with Crippen LogP contribution in [0.25, 0.3) is 33.3 Å². The number of aryl methyl sites for hydroxylation is 2. The van der Waals surface area contributed by atoms with Gasteiger partial charge in [-0.05, 0) is 189 Å². The minimum atomic E-state index is -3.83. The molecule has 4 fully saturated rings. The molecule has 0 unspecified atom stereocenters. The molecule has 0 spiro atoms. The number of aromatic nitrogens is 3. The SMILES string of the molecule is CS(=O)(=O)N[C@H](CCc1ccccc1)C(=O)N1C[C@H](OCc2ccc(Cl)cc2)C[C@H]1C(=O)C[C@@H](CCCN=C(N)N)C(=O)c1nc2ccccc2o1.CS(=O)(=O)N[C@H](CCc1ccccc1)C(=O)N1C[C@H](OCc2ccc(Cl)cc2)C[C@H]1C(=O)C[C@@H](Cc1ccc(N=C(N)N)cc1)C(=O)c1nc2ccccc2o1.NCCCC[C@H](CC(=O)[C@@H]1C[C@@H](OCc2ccc(Cl)cc2)CN1C(=O)[C@H]1CCC(=O)N1)C(=O)c1nc2ccccc2o1. The van der Waals surface area contributed by atoms with Gasteiger partial charge in [-0.2, -0.15) is 0 Å². The van der Waals surface area contributed by atoms with E-state index in [0.29, 0.717) is 119 Å². The third-order valence-corrected chi connectivity index (χ3v) is 28.5. The van der Waals surface area contributed by atoms with Gasteiger partial charge in [-0.3, -0.25) is 52.9 Å². The molecular formula is C109H121Cl3N16O20S2. The number of guanidine groups is 2. The first-order valence-electron chi connectivity index (χ1n) is 49.5. The summed E-state index contributed by atoms with van der Waals surface area (Å²) in [5.41, 5.74) is 36.4. The summed E-state index contributed by atoms with van der Waals surface area (Å²) in [4.78, 5) is 164. The lowest BCUT2D eigenvalue weighted by molar-refractivity contribution is -0.140. The van der Waals surface area contributed by atoms with Crippen molar-refractivity contribution in [3.63, 3.8) is 0 Å². The van der Waals surface area contributed by atoms with Gasteiger partial charge in [0.1, 0.15) is 34.7 Å². The van der Waals surface area contributed by atoms with Gasteiger partial charge in [0.05, 0.1) is 74.5 Å². The number of rotatable bonds is 48. The minimum Gasteiger partial charge on any atom is -0.434 e. The molecule has 41 heteroatoms. The predicted octanol–water partition coefficient (Wildman–Crippen LogP) is 13.0. The summed E-state index contributed by atoms with van der Waals surface area (Å²) in [6, 6.07) is 62.5. The fraction of sp³-hybridized carbons (Fsp3) is 0.367. The van der Waals surface area contributed by atoms with E-state index < -0.39 is 110 Å². The molecule has 0 aliphatic carbocycles. The van der Waals surface area contributed by atoms with Crippen LogP contribution in [0.15, 0.2) is 254 Å². The number of hydrogen-bond acceptors (Lipinski definition) is 26. The number of benzene rings is 9. The van der Waals surface area contributed by atoms with Crippen molar-refractivity contribution in [2.45, 2.75) is 190 Å². The average Bonchev–Trinajstić information content (AvgIpc) is 1.64. The van der Waals surface area contributed by atoms with Crippen LogP contribution in [0.1, 0.15) is 162 Å². The number of ketones is 6. The van der Waals surface area contributed by atoms with E-state index in [1.54, 1.807) is 127 Å². The van der Waals surface area contributed by atoms with Crippen molar-refractivity contribution in [1.82, 2.24) is 44.4 Å². The number of carbonyl (C=O) groups is 10. The van der Waals surface area contributed by atoms with Gasteiger partial charge in [0.15, 0.2) is 46.0 Å². The molecule has 16 rings (SSSR count). The van der Waals surface area contributed by atoms with Crippen LogP contribution in [0.3, 0.4) is 0 Å². The molecule has 0 radical (unpaired) electrons. The van der Waals surface area contributed by atoms with Crippen LogP contribution in [0.4, 0.5) is 5.69 Å². The molecule has 4 saturated heterocycles. The predicted molar refractivity (Wildman–Crippen MR) is 567 cm³/mol. The monoisotopic (exact) mass is 2140 g/mol. The number of aliphatic imine (C=N–C) groups is 2. The number of nitrogens with one attached hydrogen (secondary N) is 3. The van der Waals surface area contributed by atoms with Crippen LogP contribution < -0.4 is 43.4 Å². The quantitative estimate of drug-likeness (QED) is 0.00760. The number of sulfonamides is 2. The summed E-state index contributed by atoms with van der Waals surface area (Å²) in [6.07, 6.45) is 4.87. The van der Waals surface area contributed by atoms with Gasteiger partial charge in [0, 0.05) is 104 Å². The molecule has 7 heterocycles. The number of carbonyl (C=O) groups excluding carboxylic acids is 10. The maximum Gasteiger partial charge on any atom is 0.264 e. The molecule has 4 amide bonds. The molecule has 790 valence electrons. The Morgan fingerprint density at radius 2 is 0.800 bits per heavy atom. The maximum atomic E-state index is 14.5. The summed E-state index contributed by atoms with van der Waals surface area (Å²) in [7, 11) is -7.64. The van der Waals surface area contributed by atoms with Gasteiger partial charge in [-0.15, -0.1) is 0 Å². The Labute approximate surface area is 883 Å². The number of fused-ring (bicyclic) bond motifs is 3. The zero-order chi connectivity index (χ0) is 107. The lowest BCUT2D eigenvalue weighted by Crippen LogP contribution is -2.52. The van der Waals surface area contributed by atoms with E-state index in [2.05, 4.69) is 39.7 Å². The molecule has 9 aromatic carbocycles. The van der Waals surface area contributed by atoms with Crippen molar-refractivity contribution in [2.75, 3.05) is 45.2 Å². The summed E-state index contributed by atoms with van der Waals surface area (Å²) < 4.78 is 90.9. The van der Waals surface area contributed by atoms with Crippen molar-refractivity contribution in [2.24, 2.45) is 56.4 Å². The third kappa shape index (κ3) is 32.5. The first-order valence-corrected chi connectivity index (χ1v) is 54.4. The second-order valence-corrected chi connectivity index (χ2v) is 42.7. The highest BCUT2D eigenvalue weighted by molar-refractivity contribution is 7.89.